The molecule has 1 aromatic carbocycles. The van der Waals surface area contributed by atoms with Crippen LogP contribution in [0.25, 0.3) is 6.08 Å². The van der Waals surface area contributed by atoms with Crippen molar-refractivity contribution in [2.45, 2.75) is 13.0 Å². The van der Waals surface area contributed by atoms with Crippen LogP contribution >= 0.6 is 24.0 Å². The largest absolute Gasteiger partial charge is 0.548 e. The number of thiocarbonyl (C=S) groups is 1. The van der Waals surface area contributed by atoms with E-state index >= 15 is 0 Å². The Morgan fingerprint density at radius 3 is 2.57 bits per heavy atom. The summed E-state index contributed by atoms with van der Waals surface area (Å²) in [4.78, 5) is 24.7. The minimum atomic E-state index is -1.35. The normalized spacial score (nSPS) is 17.5. The van der Waals surface area contributed by atoms with Crippen LogP contribution in [0.5, 0.6) is 11.5 Å². The Morgan fingerprint density at radius 2 is 2.00 bits per heavy atom. The number of carbonyl (C=O) groups excluding carboxylic acids is 2. The van der Waals surface area contributed by atoms with Gasteiger partial charge in [0.2, 0.25) is 0 Å². The predicted octanol–water partition coefficient (Wildman–Crippen LogP) is 1.04. The molecule has 1 amide bonds. The highest BCUT2D eigenvalue weighted by Crippen LogP contribution is 2.35. The number of hydrogen-bond donors (Lipinski definition) is 0. The van der Waals surface area contributed by atoms with Gasteiger partial charge in [0.05, 0.1) is 31.1 Å². The Hall–Kier alpha value is -2.06. The first-order valence-electron chi connectivity index (χ1n) is 6.59. The first-order valence-corrected chi connectivity index (χ1v) is 7.81. The summed E-state index contributed by atoms with van der Waals surface area (Å²) in [5.74, 6) is -0.706. The minimum absolute atomic E-state index is 0.193. The van der Waals surface area contributed by atoms with Gasteiger partial charge in [-0.05, 0) is 30.7 Å². The van der Waals surface area contributed by atoms with Crippen LogP contribution in [0, 0.1) is 0 Å². The highest BCUT2D eigenvalue weighted by atomic mass is 32.2. The van der Waals surface area contributed by atoms with Gasteiger partial charge in [-0.2, -0.15) is 0 Å². The molecule has 2 rings (SSSR count). The Bertz CT molecular complexity index is 701. The summed E-state index contributed by atoms with van der Waals surface area (Å²) in [6.07, 6.45) is 1.63. The van der Waals surface area contributed by atoms with Crippen molar-refractivity contribution in [3.63, 3.8) is 0 Å². The third-order valence-corrected chi connectivity index (χ3v) is 4.59. The molecule has 0 bridgehead atoms. The highest BCUT2D eigenvalue weighted by Gasteiger charge is 2.35. The van der Waals surface area contributed by atoms with Crippen molar-refractivity contribution in [1.29, 1.82) is 0 Å². The third-order valence-electron chi connectivity index (χ3n) is 3.26. The first-order chi connectivity index (χ1) is 10.9. The zero-order valence-corrected chi connectivity index (χ0v) is 14.3. The number of carboxylic acids is 1. The van der Waals surface area contributed by atoms with Crippen LogP contribution in [-0.2, 0) is 9.59 Å². The molecule has 8 heteroatoms. The van der Waals surface area contributed by atoms with Crippen molar-refractivity contribution in [1.82, 2.24) is 4.90 Å². The first kappa shape index (κ1) is 17.3. The molecule has 0 N–H and O–H groups in total. The maximum atomic E-state index is 12.3. The van der Waals surface area contributed by atoms with Crippen LogP contribution in [0.15, 0.2) is 23.1 Å². The molecule has 23 heavy (non-hydrogen) atoms. The van der Waals surface area contributed by atoms with E-state index < -0.39 is 17.9 Å². The van der Waals surface area contributed by atoms with E-state index in [-0.39, 0.29) is 4.32 Å². The summed E-state index contributed by atoms with van der Waals surface area (Å²) >= 11 is 6.14. The number of rotatable bonds is 5. The molecule has 0 aliphatic carbocycles. The van der Waals surface area contributed by atoms with E-state index in [1.54, 1.807) is 24.3 Å². The van der Waals surface area contributed by atoms with Crippen molar-refractivity contribution in [2.24, 2.45) is 0 Å². The Labute approximate surface area is 143 Å². The van der Waals surface area contributed by atoms with E-state index in [9.17, 15) is 14.7 Å². The lowest BCUT2D eigenvalue weighted by molar-refractivity contribution is -0.309. The van der Waals surface area contributed by atoms with E-state index in [0.717, 1.165) is 16.7 Å². The molecule has 0 radical (unpaired) electrons. The molecule has 1 atom stereocenters. The van der Waals surface area contributed by atoms with Crippen LogP contribution in [0.4, 0.5) is 0 Å². The number of ether oxygens (including phenoxy) is 2. The number of amides is 1. The summed E-state index contributed by atoms with van der Waals surface area (Å²) in [5, 5.41) is 11.0. The monoisotopic (exact) mass is 352 g/mol. The van der Waals surface area contributed by atoms with Gasteiger partial charge in [-0.25, -0.2) is 0 Å². The van der Waals surface area contributed by atoms with Crippen molar-refractivity contribution < 1.29 is 24.2 Å². The Kier molecular flexibility index (Phi) is 5.27. The van der Waals surface area contributed by atoms with Crippen LogP contribution in [-0.4, -0.2) is 41.4 Å². The maximum absolute atomic E-state index is 12.3. The van der Waals surface area contributed by atoms with Crippen molar-refractivity contribution in [2.75, 3.05) is 14.2 Å². The molecule has 1 saturated heterocycles. The van der Waals surface area contributed by atoms with Crippen LogP contribution in [0.1, 0.15) is 12.5 Å². The molecule has 1 heterocycles. The van der Waals surface area contributed by atoms with Crippen molar-refractivity contribution in [3.8, 4) is 11.5 Å². The number of thioether (sulfide) groups is 1. The smallest absolute Gasteiger partial charge is 0.266 e. The molecular weight excluding hydrogens is 338 g/mol. The maximum Gasteiger partial charge on any atom is 0.266 e. The van der Waals surface area contributed by atoms with Gasteiger partial charge in [0.15, 0.2) is 11.5 Å². The zero-order valence-electron chi connectivity index (χ0n) is 12.7. The van der Waals surface area contributed by atoms with Crippen LogP contribution < -0.4 is 14.6 Å². The molecule has 1 aliphatic rings. The lowest BCUT2D eigenvalue weighted by Gasteiger charge is -2.23. The van der Waals surface area contributed by atoms with Gasteiger partial charge in [-0.15, -0.1) is 0 Å². The van der Waals surface area contributed by atoms with E-state index in [2.05, 4.69) is 0 Å². The lowest BCUT2D eigenvalue weighted by Crippen LogP contribution is -2.48. The summed E-state index contributed by atoms with van der Waals surface area (Å²) in [5.41, 5.74) is 0.712. The molecule has 1 aliphatic heterocycles. The van der Waals surface area contributed by atoms with E-state index in [1.807, 2.05) is 0 Å². The Morgan fingerprint density at radius 1 is 1.35 bits per heavy atom. The second-order valence-corrected chi connectivity index (χ2v) is 6.34. The number of aliphatic carboxylic acids is 1. The molecule has 0 aromatic heterocycles. The average Bonchev–Trinajstić information content (AvgIpc) is 2.80. The molecule has 6 nitrogen and oxygen atoms in total. The molecule has 0 saturated carbocycles. The average molecular weight is 352 g/mol. The SMILES string of the molecule is COc1ccc(C=C2SC(=S)N([C@H](C)C(=O)[O-])C2=O)cc1OC. The van der Waals surface area contributed by atoms with Gasteiger partial charge in [0.25, 0.3) is 5.91 Å². The fraction of sp³-hybridized carbons (Fsp3) is 0.267. The predicted molar refractivity (Wildman–Crippen MR) is 89.0 cm³/mol. The summed E-state index contributed by atoms with van der Waals surface area (Å²) < 4.78 is 10.6. The minimum Gasteiger partial charge on any atom is -0.548 e. The molecule has 0 unspecified atom stereocenters. The van der Waals surface area contributed by atoms with Crippen molar-refractivity contribution >= 4 is 46.3 Å². The molecular formula is C15H14NO5S2-. The number of nitrogens with zero attached hydrogens (tertiary/aromatic N) is 1. The van der Waals surface area contributed by atoms with Crippen LogP contribution in [0.3, 0.4) is 0 Å². The van der Waals surface area contributed by atoms with Crippen molar-refractivity contribution in [3.05, 3.63) is 28.7 Å². The standard InChI is InChI=1S/C15H15NO5S2/c1-8(14(18)19)16-13(17)12(23-15(16)22)7-9-4-5-10(20-2)11(6-9)21-3/h4-8H,1-3H3,(H,18,19)/p-1/t8-/m1/s1. The molecule has 122 valence electrons. The number of benzene rings is 1. The fourth-order valence-electron chi connectivity index (χ4n) is 2.01. The van der Waals surface area contributed by atoms with Gasteiger partial charge >= 0.3 is 0 Å². The van der Waals surface area contributed by atoms with E-state index in [0.29, 0.717) is 22.0 Å². The second-order valence-electron chi connectivity index (χ2n) is 4.66. The third kappa shape index (κ3) is 3.48. The molecule has 0 spiro atoms. The number of hydrogen-bond acceptors (Lipinski definition) is 7. The van der Waals surface area contributed by atoms with Crippen LogP contribution in [0.2, 0.25) is 0 Å². The molecule has 1 aromatic rings. The van der Waals surface area contributed by atoms with Gasteiger partial charge < -0.3 is 19.4 Å². The number of carboxylic acid groups (broad SMARTS) is 1. The summed E-state index contributed by atoms with van der Waals surface area (Å²) in [6, 6.07) is 4.08. The zero-order chi connectivity index (χ0) is 17.1. The molecule has 1 fully saturated rings. The van der Waals surface area contributed by atoms with E-state index in [1.165, 1.54) is 21.1 Å². The van der Waals surface area contributed by atoms with Gasteiger partial charge in [-0.3, -0.25) is 9.69 Å². The highest BCUT2D eigenvalue weighted by molar-refractivity contribution is 8.26. The quantitative estimate of drug-likeness (QED) is 0.579. The lowest BCUT2D eigenvalue weighted by atomic mass is 10.1. The fourth-order valence-corrected chi connectivity index (χ4v) is 3.43. The Balaban J connectivity index is 2.32. The number of methoxy groups -OCH3 is 2. The second kappa shape index (κ2) is 7.01. The van der Waals surface area contributed by atoms with Gasteiger partial charge in [-0.1, -0.05) is 30.0 Å². The van der Waals surface area contributed by atoms with Gasteiger partial charge in [0, 0.05) is 0 Å². The van der Waals surface area contributed by atoms with Gasteiger partial charge in [0.1, 0.15) is 4.32 Å². The number of carbonyl (C=O) groups is 2. The summed E-state index contributed by atoms with van der Waals surface area (Å²) in [6.45, 7) is 1.36. The summed E-state index contributed by atoms with van der Waals surface area (Å²) in [7, 11) is 3.05. The van der Waals surface area contributed by atoms with E-state index in [4.69, 9.17) is 21.7 Å². The topological polar surface area (TPSA) is 78.9 Å².